The van der Waals surface area contributed by atoms with Crippen LogP contribution in [0.15, 0.2) is 53.1 Å². The Bertz CT molecular complexity index is 1400. The van der Waals surface area contributed by atoms with Crippen LogP contribution < -0.4 is 20.1 Å². The minimum Gasteiger partial charge on any atom is -0.497 e. The zero-order valence-electron chi connectivity index (χ0n) is 23.2. The molecule has 2 aliphatic heterocycles. The number of hydrogen-bond donors (Lipinski definition) is 2. The molecule has 3 amide bonds. The molecule has 41 heavy (non-hydrogen) atoms. The van der Waals surface area contributed by atoms with Crippen molar-refractivity contribution in [1.82, 2.24) is 20.7 Å². The molecule has 0 radical (unpaired) electrons. The fraction of sp³-hybridized carbons (Fsp3) is 0.400. The van der Waals surface area contributed by atoms with E-state index < -0.39 is 6.04 Å². The number of rotatable bonds is 3. The van der Waals surface area contributed by atoms with Gasteiger partial charge in [0.05, 0.1) is 38.0 Å². The summed E-state index contributed by atoms with van der Waals surface area (Å²) < 4.78 is 23.0. The molecule has 2 aromatic carbocycles. The summed E-state index contributed by atoms with van der Waals surface area (Å²) in [6.07, 6.45) is 1.03. The van der Waals surface area contributed by atoms with Gasteiger partial charge in [0, 0.05) is 43.8 Å². The van der Waals surface area contributed by atoms with Crippen LogP contribution in [0.1, 0.15) is 46.6 Å². The maximum absolute atomic E-state index is 13.0. The van der Waals surface area contributed by atoms with Crippen LogP contribution in [0.3, 0.4) is 0 Å². The van der Waals surface area contributed by atoms with Crippen LogP contribution in [0.4, 0.5) is 0 Å². The molecule has 216 valence electrons. The summed E-state index contributed by atoms with van der Waals surface area (Å²) in [6, 6.07) is 13.8. The second-order valence-corrected chi connectivity index (χ2v) is 10.3. The van der Waals surface area contributed by atoms with Gasteiger partial charge in [-0.2, -0.15) is 0 Å². The first kappa shape index (κ1) is 28.2. The number of nitrogens with one attached hydrogen (secondary N) is 2. The molecule has 1 aromatic heterocycles. The number of benzene rings is 2. The maximum atomic E-state index is 13.0. The summed E-state index contributed by atoms with van der Waals surface area (Å²) in [7, 11) is 1.53. The summed E-state index contributed by atoms with van der Waals surface area (Å²) in [4.78, 5) is 40.5. The topological polar surface area (TPSA) is 132 Å². The van der Waals surface area contributed by atoms with Crippen LogP contribution in [0.25, 0.3) is 0 Å². The van der Waals surface area contributed by atoms with E-state index >= 15 is 0 Å². The first-order chi connectivity index (χ1) is 19.9. The van der Waals surface area contributed by atoms with Gasteiger partial charge in [-0.05, 0) is 49.6 Å². The smallest absolute Gasteiger partial charge is 0.251 e. The molecule has 3 aromatic rings. The molecule has 1 fully saturated rings. The van der Waals surface area contributed by atoms with Crippen LogP contribution in [0.2, 0.25) is 0 Å². The molecule has 0 aliphatic carbocycles. The molecule has 2 atom stereocenters. The molecule has 0 unspecified atom stereocenters. The van der Waals surface area contributed by atoms with E-state index in [1.807, 2.05) is 24.3 Å². The van der Waals surface area contributed by atoms with E-state index in [9.17, 15) is 14.4 Å². The average Bonchev–Trinajstić information content (AvgIpc) is 3.38. The molecule has 11 heteroatoms. The number of likely N-dealkylation sites (tertiary alicyclic amines) is 1. The van der Waals surface area contributed by atoms with Gasteiger partial charge in [-0.25, -0.2) is 0 Å². The Morgan fingerprint density at radius 1 is 1.15 bits per heavy atom. The van der Waals surface area contributed by atoms with Crippen LogP contribution in [0, 0.1) is 6.92 Å². The lowest BCUT2D eigenvalue weighted by Gasteiger charge is -2.38. The summed E-state index contributed by atoms with van der Waals surface area (Å²) >= 11 is 0. The number of nitrogens with zero attached hydrogens (tertiary/aromatic N) is 2. The lowest BCUT2D eigenvalue weighted by Crippen LogP contribution is -2.57. The number of hydrogen-bond acceptors (Lipinski definition) is 8. The predicted octanol–water partition coefficient (Wildman–Crippen LogP) is 3.15. The fourth-order valence-electron chi connectivity index (χ4n) is 5.01. The SMILES string of the molecule is COc1cc2cc(c1)C(=O)NCCCC(=O)N[C@H]1CN(C(=O)Cc3cc(C)no3)CC[C@@H]1OCc1cccc(c1)O2. The van der Waals surface area contributed by atoms with Crippen molar-refractivity contribution in [3.63, 3.8) is 0 Å². The highest BCUT2D eigenvalue weighted by molar-refractivity contribution is 5.95. The Labute approximate surface area is 238 Å². The van der Waals surface area contributed by atoms with E-state index in [0.717, 1.165) is 11.3 Å². The Morgan fingerprint density at radius 3 is 2.83 bits per heavy atom. The zero-order valence-corrected chi connectivity index (χ0v) is 23.2. The highest BCUT2D eigenvalue weighted by Crippen LogP contribution is 2.28. The number of amides is 3. The van der Waals surface area contributed by atoms with Gasteiger partial charge in [-0.15, -0.1) is 0 Å². The van der Waals surface area contributed by atoms with Crippen LogP contribution in [-0.2, 0) is 27.4 Å². The minimum atomic E-state index is -0.392. The molecule has 4 bridgehead atoms. The molecule has 3 heterocycles. The van der Waals surface area contributed by atoms with Crippen LogP contribution >= 0.6 is 0 Å². The van der Waals surface area contributed by atoms with E-state index in [0.29, 0.717) is 67.7 Å². The van der Waals surface area contributed by atoms with Gasteiger partial charge >= 0.3 is 0 Å². The number of carbonyl (C=O) groups excluding carboxylic acids is 3. The van der Waals surface area contributed by atoms with Gasteiger partial charge in [0.1, 0.15) is 23.0 Å². The Kier molecular flexibility index (Phi) is 8.83. The molecular formula is C30H34N4O7. The quantitative estimate of drug-likeness (QED) is 0.498. The lowest BCUT2D eigenvalue weighted by atomic mass is 10.0. The molecular weight excluding hydrogens is 528 g/mol. The second-order valence-electron chi connectivity index (χ2n) is 10.3. The van der Waals surface area contributed by atoms with Crippen LogP contribution in [0.5, 0.6) is 17.2 Å². The number of aryl methyl sites for hydroxylation is 1. The predicted molar refractivity (Wildman–Crippen MR) is 148 cm³/mol. The number of methoxy groups -OCH3 is 1. The average molecular weight is 563 g/mol. The molecule has 0 saturated carbocycles. The molecule has 11 nitrogen and oxygen atoms in total. The Hall–Kier alpha value is -4.38. The van der Waals surface area contributed by atoms with E-state index in [2.05, 4.69) is 15.8 Å². The minimum absolute atomic E-state index is 0.0966. The fourth-order valence-corrected chi connectivity index (χ4v) is 5.01. The summed E-state index contributed by atoms with van der Waals surface area (Å²) in [5.74, 6) is 1.49. The number of fused-ring (bicyclic) bond motifs is 5. The van der Waals surface area contributed by atoms with Crippen molar-refractivity contribution in [1.29, 1.82) is 0 Å². The number of ether oxygens (including phenoxy) is 3. The molecule has 1 saturated heterocycles. The van der Waals surface area contributed by atoms with Crippen molar-refractivity contribution in [2.75, 3.05) is 26.7 Å². The standard InChI is InChI=1S/C30H34N4O7/c1-19-11-25(41-33-19)16-29(36)34-10-8-27-26(17-34)32-28(35)7-4-9-31-30(37)21-13-23(38-2)15-24(14-21)40-22-6-3-5-20(12-22)18-39-27/h3,5-6,11-15,26-27H,4,7-10,16-18H2,1-2H3,(H,31,37)(H,32,35)/t26-,27-/m0/s1. The largest absolute Gasteiger partial charge is 0.497 e. The molecule has 5 rings (SSSR count). The summed E-state index contributed by atoms with van der Waals surface area (Å²) in [6.45, 7) is 3.23. The summed E-state index contributed by atoms with van der Waals surface area (Å²) in [5.41, 5.74) is 1.99. The zero-order chi connectivity index (χ0) is 28.8. The normalized spacial score (nSPS) is 20.0. The van der Waals surface area contributed by atoms with E-state index in [4.69, 9.17) is 18.7 Å². The third kappa shape index (κ3) is 7.43. The monoisotopic (exact) mass is 562 g/mol. The van der Waals surface area contributed by atoms with Gasteiger partial charge in [-0.1, -0.05) is 17.3 Å². The van der Waals surface area contributed by atoms with E-state index in [1.54, 1.807) is 36.1 Å². The van der Waals surface area contributed by atoms with Gasteiger partial charge in [0.15, 0.2) is 0 Å². The molecule has 2 N–H and O–H groups in total. The summed E-state index contributed by atoms with van der Waals surface area (Å²) in [5, 5.41) is 9.77. The Morgan fingerprint density at radius 2 is 2.02 bits per heavy atom. The van der Waals surface area contributed by atoms with Gasteiger partial charge in [-0.3, -0.25) is 14.4 Å². The van der Waals surface area contributed by atoms with Crippen molar-refractivity contribution in [3.8, 4) is 17.2 Å². The van der Waals surface area contributed by atoms with E-state index in [1.165, 1.54) is 7.11 Å². The van der Waals surface area contributed by atoms with Crippen molar-refractivity contribution in [2.24, 2.45) is 0 Å². The third-order valence-electron chi connectivity index (χ3n) is 7.09. The van der Waals surface area contributed by atoms with Gasteiger partial charge in [0.25, 0.3) is 5.91 Å². The maximum Gasteiger partial charge on any atom is 0.251 e. The lowest BCUT2D eigenvalue weighted by molar-refractivity contribution is -0.137. The van der Waals surface area contributed by atoms with Gasteiger partial charge in [0.2, 0.25) is 11.8 Å². The number of aromatic nitrogens is 1. The molecule has 0 spiro atoms. The third-order valence-corrected chi connectivity index (χ3v) is 7.09. The van der Waals surface area contributed by atoms with E-state index in [-0.39, 0.29) is 36.7 Å². The second kappa shape index (κ2) is 12.9. The van der Waals surface area contributed by atoms with Crippen LogP contribution in [-0.4, -0.2) is 66.7 Å². The van der Waals surface area contributed by atoms with Gasteiger partial charge < -0.3 is 34.3 Å². The highest BCUT2D eigenvalue weighted by Gasteiger charge is 2.33. The van der Waals surface area contributed by atoms with Crippen molar-refractivity contribution >= 4 is 17.7 Å². The molecule has 2 aliphatic rings. The highest BCUT2D eigenvalue weighted by atomic mass is 16.5. The number of carbonyl (C=O) groups is 3. The van der Waals surface area contributed by atoms with Crippen molar-refractivity contribution < 1.29 is 33.1 Å². The number of piperidine rings is 1. The van der Waals surface area contributed by atoms with Crippen molar-refractivity contribution in [3.05, 3.63) is 71.1 Å². The first-order valence-electron chi connectivity index (χ1n) is 13.7. The first-order valence-corrected chi connectivity index (χ1v) is 13.7. The van der Waals surface area contributed by atoms with Crippen molar-refractivity contribution in [2.45, 2.75) is 51.4 Å². The Balaban J connectivity index is 1.33.